The number of thiazole rings is 1. The maximum absolute atomic E-state index is 11.9. The quantitative estimate of drug-likeness (QED) is 0.607. The Morgan fingerprint density at radius 2 is 2.23 bits per heavy atom. The summed E-state index contributed by atoms with van der Waals surface area (Å²) < 4.78 is 25.2. The highest BCUT2D eigenvalue weighted by Gasteiger charge is 2.31. The van der Waals surface area contributed by atoms with Gasteiger partial charge in [0.1, 0.15) is 5.01 Å². The molecular formula is C16H21N5O3S2. The van der Waals surface area contributed by atoms with Crippen molar-refractivity contribution in [1.82, 2.24) is 20.2 Å². The highest BCUT2D eigenvalue weighted by Crippen LogP contribution is 2.26. The van der Waals surface area contributed by atoms with Gasteiger partial charge in [0, 0.05) is 22.3 Å². The Morgan fingerprint density at radius 1 is 1.46 bits per heavy atom. The summed E-state index contributed by atoms with van der Waals surface area (Å²) >= 11 is 1.44. The molecule has 1 N–H and O–H groups in total. The van der Waals surface area contributed by atoms with Gasteiger partial charge in [0.2, 0.25) is 5.91 Å². The summed E-state index contributed by atoms with van der Waals surface area (Å²) in [5.74, 6) is 0.0847. The fourth-order valence-corrected chi connectivity index (χ4v) is 5.48. The molecule has 2 aromatic heterocycles. The van der Waals surface area contributed by atoms with Gasteiger partial charge in [-0.3, -0.25) is 9.48 Å². The largest absolute Gasteiger partial charge is 0.273 e. The van der Waals surface area contributed by atoms with Crippen molar-refractivity contribution in [3.8, 4) is 0 Å². The maximum Gasteiger partial charge on any atom is 0.246 e. The highest BCUT2D eigenvalue weighted by atomic mass is 32.2. The topological polar surface area (TPSA) is 106 Å². The van der Waals surface area contributed by atoms with Crippen LogP contribution in [0.4, 0.5) is 0 Å². The second-order valence-electron chi connectivity index (χ2n) is 6.44. The molecule has 1 saturated heterocycles. The van der Waals surface area contributed by atoms with E-state index < -0.39 is 9.84 Å². The maximum atomic E-state index is 11.9. The zero-order valence-electron chi connectivity index (χ0n) is 14.9. The van der Waals surface area contributed by atoms with E-state index in [0.29, 0.717) is 6.42 Å². The van der Waals surface area contributed by atoms with Gasteiger partial charge in [-0.25, -0.2) is 18.8 Å². The molecule has 0 unspecified atom stereocenters. The highest BCUT2D eigenvalue weighted by molar-refractivity contribution is 7.91. The Morgan fingerprint density at radius 3 is 2.85 bits per heavy atom. The number of hydrogen-bond donors (Lipinski definition) is 1. The number of nitrogens with one attached hydrogen (secondary N) is 1. The lowest BCUT2D eigenvalue weighted by Gasteiger charge is -2.10. The Labute approximate surface area is 156 Å². The van der Waals surface area contributed by atoms with E-state index in [0.717, 1.165) is 27.7 Å². The van der Waals surface area contributed by atoms with Gasteiger partial charge in [-0.15, -0.1) is 11.3 Å². The molecule has 3 heterocycles. The van der Waals surface area contributed by atoms with Crippen LogP contribution in [0.1, 0.15) is 40.1 Å². The first-order valence-electron chi connectivity index (χ1n) is 8.24. The number of nitrogens with zero attached hydrogens (tertiary/aromatic N) is 4. The molecule has 0 saturated carbocycles. The molecule has 1 fully saturated rings. The number of sulfone groups is 1. The van der Waals surface area contributed by atoms with Crippen LogP contribution in [0.15, 0.2) is 10.5 Å². The molecule has 0 aliphatic carbocycles. The normalized spacial score (nSPS) is 19.3. The smallest absolute Gasteiger partial charge is 0.246 e. The van der Waals surface area contributed by atoms with Crippen LogP contribution in [0.3, 0.4) is 0 Å². The van der Waals surface area contributed by atoms with E-state index in [9.17, 15) is 13.2 Å². The van der Waals surface area contributed by atoms with Crippen LogP contribution in [0.5, 0.6) is 0 Å². The third kappa shape index (κ3) is 4.18. The number of aromatic nitrogens is 3. The van der Waals surface area contributed by atoms with Crippen LogP contribution < -0.4 is 5.43 Å². The van der Waals surface area contributed by atoms with Gasteiger partial charge in [0.15, 0.2) is 9.84 Å². The van der Waals surface area contributed by atoms with E-state index in [4.69, 9.17) is 0 Å². The minimum Gasteiger partial charge on any atom is -0.273 e. The fourth-order valence-electron chi connectivity index (χ4n) is 3.02. The lowest BCUT2D eigenvalue weighted by molar-refractivity contribution is -0.120. The van der Waals surface area contributed by atoms with E-state index in [-0.39, 0.29) is 29.9 Å². The van der Waals surface area contributed by atoms with Crippen LogP contribution in [-0.4, -0.2) is 46.8 Å². The average Bonchev–Trinajstić information content (AvgIpc) is 3.20. The zero-order valence-corrected chi connectivity index (χ0v) is 16.5. The van der Waals surface area contributed by atoms with Gasteiger partial charge in [0.05, 0.1) is 35.9 Å². The molecule has 8 nitrogen and oxygen atoms in total. The summed E-state index contributed by atoms with van der Waals surface area (Å²) in [4.78, 5) is 16.2. The van der Waals surface area contributed by atoms with Crippen LogP contribution in [0.25, 0.3) is 0 Å². The van der Waals surface area contributed by atoms with Crippen molar-refractivity contribution in [2.45, 2.75) is 39.7 Å². The van der Waals surface area contributed by atoms with E-state index in [2.05, 4.69) is 20.6 Å². The monoisotopic (exact) mass is 395 g/mol. The number of carbonyl (C=O) groups is 1. The summed E-state index contributed by atoms with van der Waals surface area (Å²) in [5.41, 5.74) is 5.78. The second kappa shape index (κ2) is 7.28. The Balaban J connectivity index is 1.66. The lowest BCUT2D eigenvalue weighted by Crippen LogP contribution is -2.19. The number of hydrogen-bond acceptors (Lipinski definition) is 7. The van der Waals surface area contributed by atoms with Gasteiger partial charge in [-0.1, -0.05) is 0 Å². The van der Waals surface area contributed by atoms with E-state index >= 15 is 0 Å². The first-order valence-corrected chi connectivity index (χ1v) is 10.9. The van der Waals surface area contributed by atoms with Crippen LogP contribution >= 0.6 is 11.3 Å². The molecule has 1 atom stereocenters. The number of amides is 1. The molecule has 140 valence electrons. The first-order chi connectivity index (χ1) is 12.2. The second-order valence-corrected chi connectivity index (χ2v) is 9.61. The Hall–Kier alpha value is -2.07. The average molecular weight is 396 g/mol. The molecule has 0 spiro atoms. The summed E-state index contributed by atoms with van der Waals surface area (Å²) in [6.45, 7) is 5.61. The summed E-state index contributed by atoms with van der Waals surface area (Å²) in [6, 6.07) is -0.136. The predicted octanol–water partition coefficient (Wildman–Crippen LogP) is 1.32. The molecule has 0 bridgehead atoms. The number of carbonyl (C=O) groups excluding carboxylic acids is 1. The Kier molecular flexibility index (Phi) is 5.24. The standard InChI is InChI=1S/C16H21N5O3S2/c1-10-8-25-16(18-10)6-15(22)19-17-7-14-11(2)20-21(12(14)3)13-4-5-26(23,24)9-13/h7-8,13H,4-6,9H2,1-3H3,(H,19,22)/b17-7-/t13-/m1/s1. The third-order valence-electron chi connectivity index (χ3n) is 4.30. The minimum absolute atomic E-state index is 0.121. The van der Waals surface area contributed by atoms with Gasteiger partial charge >= 0.3 is 0 Å². The van der Waals surface area contributed by atoms with Crippen molar-refractivity contribution in [2.24, 2.45) is 5.10 Å². The van der Waals surface area contributed by atoms with E-state index in [1.165, 1.54) is 11.3 Å². The van der Waals surface area contributed by atoms with Crippen molar-refractivity contribution in [2.75, 3.05) is 11.5 Å². The molecule has 10 heteroatoms. The summed E-state index contributed by atoms with van der Waals surface area (Å²) in [7, 11) is -2.98. The van der Waals surface area contributed by atoms with Gasteiger partial charge in [-0.2, -0.15) is 10.2 Å². The van der Waals surface area contributed by atoms with Gasteiger partial charge in [0.25, 0.3) is 0 Å². The third-order valence-corrected chi connectivity index (χ3v) is 7.01. The molecule has 3 rings (SSSR count). The predicted molar refractivity (Wildman–Crippen MR) is 100 cm³/mol. The lowest BCUT2D eigenvalue weighted by atomic mass is 10.2. The molecule has 0 aromatic carbocycles. The zero-order chi connectivity index (χ0) is 18.9. The first kappa shape index (κ1) is 18.7. The van der Waals surface area contributed by atoms with Crippen molar-refractivity contribution < 1.29 is 13.2 Å². The van der Waals surface area contributed by atoms with Crippen molar-refractivity contribution in [3.05, 3.63) is 33.0 Å². The van der Waals surface area contributed by atoms with Crippen molar-refractivity contribution in [3.63, 3.8) is 0 Å². The van der Waals surface area contributed by atoms with Gasteiger partial charge < -0.3 is 0 Å². The van der Waals surface area contributed by atoms with E-state index in [1.54, 1.807) is 10.9 Å². The number of rotatable bonds is 5. The van der Waals surface area contributed by atoms with Crippen LogP contribution in [0, 0.1) is 20.8 Å². The molecular weight excluding hydrogens is 374 g/mol. The van der Waals surface area contributed by atoms with Gasteiger partial charge in [-0.05, 0) is 27.2 Å². The number of aryl methyl sites for hydroxylation is 2. The van der Waals surface area contributed by atoms with E-state index in [1.807, 2.05) is 26.2 Å². The van der Waals surface area contributed by atoms with Crippen molar-refractivity contribution in [1.29, 1.82) is 0 Å². The van der Waals surface area contributed by atoms with Crippen LogP contribution in [0.2, 0.25) is 0 Å². The minimum atomic E-state index is -2.98. The molecule has 0 radical (unpaired) electrons. The van der Waals surface area contributed by atoms with Crippen molar-refractivity contribution >= 4 is 33.3 Å². The SMILES string of the molecule is Cc1csc(CC(=O)N/N=C\c2c(C)nn([C@@H]3CCS(=O)(=O)C3)c2C)n1. The summed E-state index contributed by atoms with van der Waals surface area (Å²) in [5, 5.41) is 11.1. The molecule has 1 aliphatic rings. The molecule has 1 amide bonds. The number of hydrazone groups is 1. The molecule has 1 aliphatic heterocycles. The summed E-state index contributed by atoms with van der Waals surface area (Å²) in [6.07, 6.45) is 2.32. The fraction of sp³-hybridized carbons (Fsp3) is 0.500. The molecule has 2 aromatic rings. The molecule has 26 heavy (non-hydrogen) atoms. The van der Waals surface area contributed by atoms with Crippen LogP contribution in [-0.2, 0) is 21.1 Å². The Bertz CT molecular complexity index is 959.